The summed E-state index contributed by atoms with van der Waals surface area (Å²) in [4.78, 5) is 21.5. The summed E-state index contributed by atoms with van der Waals surface area (Å²) in [6.45, 7) is 1.79. The van der Waals surface area contributed by atoms with E-state index in [0.29, 0.717) is 56.8 Å². The molecule has 40 heavy (non-hydrogen) atoms. The molecule has 2 aromatic carbocycles. The van der Waals surface area contributed by atoms with E-state index in [9.17, 15) is 23.2 Å². The maximum Gasteiger partial charge on any atom is 0.249 e. The molecule has 3 aromatic rings. The van der Waals surface area contributed by atoms with Crippen molar-refractivity contribution in [3.8, 4) is 5.75 Å². The van der Waals surface area contributed by atoms with Gasteiger partial charge < -0.3 is 14.5 Å². The minimum Gasteiger partial charge on any atom is -0.497 e. The Morgan fingerprint density at radius 2 is 1.88 bits per heavy atom. The van der Waals surface area contributed by atoms with Gasteiger partial charge in [0.15, 0.2) is 0 Å². The third-order valence-electron chi connectivity index (χ3n) is 7.74. The number of hydrogen-bond donors (Lipinski definition) is 2. The standard InChI is InChI=1S/C29H35F3N4O3S/c1-35(2)26-18-33-25-7-6-20(39-3)17-22(25)21(26)5-4-8-29(28(37)34-38)9-11-36(12-10-29)13-14-40-27-23(31)15-19(30)16-24(27)32/h6-7,15-18,38H,4-5,8-14H2,1-3H3,(H,34,37). The summed E-state index contributed by atoms with van der Waals surface area (Å²) < 4.78 is 46.5. The third-order valence-corrected chi connectivity index (χ3v) is 8.81. The fourth-order valence-corrected chi connectivity index (χ4v) is 6.40. The molecule has 0 atom stereocenters. The number of carbonyl (C=O) groups is 1. The van der Waals surface area contributed by atoms with E-state index in [1.807, 2.05) is 48.9 Å². The van der Waals surface area contributed by atoms with Gasteiger partial charge in [0.05, 0.1) is 34.8 Å². The Morgan fingerprint density at radius 3 is 2.50 bits per heavy atom. The third kappa shape index (κ3) is 6.64. The number of fused-ring (bicyclic) bond motifs is 1. The van der Waals surface area contributed by atoms with E-state index in [0.717, 1.165) is 52.5 Å². The Balaban J connectivity index is 1.40. The molecular formula is C29H35F3N4O3S. The van der Waals surface area contributed by atoms with Gasteiger partial charge in [0, 0.05) is 43.9 Å². The zero-order valence-corrected chi connectivity index (χ0v) is 23.8. The zero-order valence-electron chi connectivity index (χ0n) is 23.0. The first-order valence-electron chi connectivity index (χ1n) is 13.2. The van der Waals surface area contributed by atoms with E-state index in [2.05, 4.69) is 9.88 Å². The van der Waals surface area contributed by atoms with Crippen molar-refractivity contribution >= 4 is 34.3 Å². The first kappa shape index (κ1) is 30.0. The smallest absolute Gasteiger partial charge is 0.249 e. The minimum absolute atomic E-state index is 0.189. The number of thioether (sulfide) groups is 1. The number of likely N-dealkylation sites (tertiary alicyclic amines) is 1. The molecule has 0 saturated carbocycles. The van der Waals surface area contributed by atoms with Crippen molar-refractivity contribution < 1.29 is 27.9 Å². The molecule has 0 aliphatic carbocycles. The van der Waals surface area contributed by atoms with Crippen LogP contribution in [0.15, 0.2) is 41.4 Å². The van der Waals surface area contributed by atoms with E-state index in [4.69, 9.17) is 4.74 Å². The second-order valence-corrected chi connectivity index (χ2v) is 11.5. The Labute approximate surface area is 236 Å². The lowest BCUT2D eigenvalue weighted by Crippen LogP contribution is -2.48. The van der Waals surface area contributed by atoms with Gasteiger partial charge in [-0.05, 0) is 69.0 Å². The lowest BCUT2D eigenvalue weighted by Gasteiger charge is -2.40. The van der Waals surface area contributed by atoms with Crippen LogP contribution in [0.2, 0.25) is 0 Å². The van der Waals surface area contributed by atoms with Gasteiger partial charge in [-0.15, -0.1) is 11.8 Å². The molecule has 1 amide bonds. The molecule has 1 fully saturated rings. The first-order chi connectivity index (χ1) is 19.2. The molecular weight excluding hydrogens is 541 g/mol. The summed E-state index contributed by atoms with van der Waals surface area (Å²) in [5, 5.41) is 10.6. The number of pyridine rings is 1. The molecule has 2 N–H and O–H groups in total. The molecule has 1 aliphatic rings. The molecule has 1 saturated heterocycles. The van der Waals surface area contributed by atoms with Gasteiger partial charge in [-0.2, -0.15) is 0 Å². The highest BCUT2D eigenvalue weighted by atomic mass is 32.2. The number of halogens is 3. The van der Waals surface area contributed by atoms with Crippen molar-refractivity contribution in [2.24, 2.45) is 5.41 Å². The first-order valence-corrected chi connectivity index (χ1v) is 14.2. The molecule has 1 aromatic heterocycles. The number of nitrogens with one attached hydrogen (secondary N) is 1. The predicted molar refractivity (Wildman–Crippen MR) is 151 cm³/mol. The topological polar surface area (TPSA) is 77.9 Å². The van der Waals surface area contributed by atoms with Crippen LogP contribution in [0.4, 0.5) is 18.9 Å². The Hall–Kier alpha value is -3.02. The molecule has 0 bridgehead atoms. The van der Waals surface area contributed by atoms with Crippen LogP contribution in [-0.4, -0.2) is 67.6 Å². The van der Waals surface area contributed by atoms with Crippen LogP contribution in [0.3, 0.4) is 0 Å². The van der Waals surface area contributed by atoms with Crippen LogP contribution in [0.1, 0.15) is 31.2 Å². The number of carbonyl (C=O) groups excluding carboxylic acids is 1. The van der Waals surface area contributed by atoms with Gasteiger partial charge in [-0.1, -0.05) is 0 Å². The summed E-state index contributed by atoms with van der Waals surface area (Å²) in [6.07, 6.45) is 5.00. The number of aryl methyl sites for hydroxylation is 1. The van der Waals surface area contributed by atoms with Gasteiger partial charge in [0.2, 0.25) is 5.91 Å². The van der Waals surface area contributed by atoms with Crippen molar-refractivity contribution in [3.05, 3.63) is 59.5 Å². The largest absolute Gasteiger partial charge is 0.497 e. The van der Waals surface area contributed by atoms with Gasteiger partial charge >= 0.3 is 0 Å². The van der Waals surface area contributed by atoms with Gasteiger partial charge in [0.1, 0.15) is 23.2 Å². The molecule has 0 spiro atoms. The van der Waals surface area contributed by atoms with Crippen LogP contribution in [0.5, 0.6) is 5.75 Å². The van der Waals surface area contributed by atoms with Crippen molar-refractivity contribution in [2.75, 3.05) is 51.5 Å². The average molecular weight is 577 g/mol. The van der Waals surface area contributed by atoms with Crippen LogP contribution in [0.25, 0.3) is 10.9 Å². The van der Waals surface area contributed by atoms with Gasteiger partial charge in [-0.3, -0.25) is 15.0 Å². The monoisotopic (exact) mass is 576 g/mol. The molecule has 2 heterocycles. The van der Waals surface area contributed by atoms with Crippen LogP contribution in [-0.2, 0) is 11.2 Å². The molecule has 11 heteroatoms. The number of hydroxylamine groups is 1. The highest BCUT2D eigenvalue weighted by molar-refractivity contribution is 7.99. The van der Waals surface area contributed by atoms with E-state index >= 15 is 0 Å². The van der Waals surface area contributed by atoms with E-state index in [1.54, 1.807) is 7.11 Å². The van der Waals surface area contributed by atoms with E-state index < -0.39 is 22.9 Å². The van der Waals surface area contributed by atoms with Crippen LogP contribution in [0, 0.1) is 22.9 Å². The molecule has 1 aliphatic heterocycles. The van der Waals surface area contributed by atoms with Crippen LogP contribution >= 0.6 is 11.8 Å². The molecule has 216 valence electrons. The quantitative estimate of drug-likeness (QED) is 0.179. The SMILES string of the molecule is COc1ccc2ncc(N(C)C)c(CCCC3(C(=O)NO)CCN(CCSc4c(F)cc(F)cc4F)CC3)c2c1. The molecule has 0 radical (unpaired) electrons. The van der Waals surface area contributed by atoms with Gasteiger partial charge in [0.25, 0.3) is 0 Å². The average Bonchev–Trinajstić information content (AvgIpc) is 2.94. The second kappa shape index (κ2) is 13.1. The number of amides is 1. The fraction of sp³-hybridized carbons (Fsp3) is 0.448. The highest BCUT2D eigenvalue weighted by Crippen LogP contribution is 2.39. The lowest BCUT2D eigenvalue weighted by molar-refractivity contribution is -0.143. The van der Waals surface area contributed by atoms with Crippen LogP contribution < -0.4 is 15.1 Å². The Morgan fingerprint density at radius 1 is 1.18 bits per heavy atom. The number of nitrogens with zero attached hydrogens (tertiary/aromatic N) is 3. The van der Waals surface area contributed by atoms with Crippen molar-refractivity contribution in [3.63, 3.8) is 0 Å². The Bertz CT molecular complexity index is 1330. The second-order valence-electron chi connectivity index (χ2n) is 10.4. The minimum atomic E-state index is -0.941. The van der Waals surface area contributed by atoms with Gasteiger partial charge in [-0.25, -0.2) is 18.7 Å². The van der Waals surface area contributed by atoms with E-state index in [1.165, 1.54) is 0 Å². The number of ether oxygens (including phenoxy) is 1. The number of aromatic nitrogens is 1. The normalized spacial score (nSPS) is 15.3. The molecule has 4 rings (SSSR count). The lowest BCUT2D eigenvalue weighted by atomic mass is 9.73. The number of benzene rings is 2. The summed E-state index contributed by atoms with van der Waals surface area (Å²) in [5.41, 5.74) is 4.17. The van der Waals surface area contributed by atoms with Crippen molar-refractivity contribution in [1.82, 2.24) is 15.4 Å². The van der Waals surface area contributed by atoms with Crippen molar-refractivity contribution in [2.45, 2.75) is 37.0 Å². The highest BCUT2D eigenvalue weighted by Gasteiger charge is 2.40. The zero-order chi connectivity index (χ0) is 28.9. The summed E-state index contributed by atoms with van der Waals surface area (Å²) in [6, 6.07) is 7.17. The Kier molecular flexibility index (Phi) is 9.81. The molecule has 0 unspecified atom stereocenters. The number of anilines is 1. The predicted octanol–water partition coefficient (Wildman–Crippen LogP) is 5.43. The number of piperidine rings is 1. The summed E-state index contributed by atoms with van der Waals surface area (Å²) in [5.74, 6) is -1.96. The fourth-order valence-electron chi connectivity index (χ4n) is 5.45. The molecule has 7 nitrogen and oxygen atoms in total. The summed E-state index contributed by atoms with van der Waals surface area (Å²) >= 11 is 1.01. The number of rotatable bonds is 11. The summed E-state index contributed by atoms with van der Waals surface area (Å²) in [7, 11) is 5.58. The maximum atomic E-state index is 13.9. The van der Waals surface area contributed by atoms with Crippen molar-refractivity contribution in [1.29, 1.82) is 0 Å². The maximum absolute atomic E-state index is 13.9. The number of methoxy groups -OCH3 is 1. The number of hydrogen-bond acceptors (Lipinski definition) is 7. The van der Waals surface area contributed by atoms with E-state index in [-0.39, 0.29) is 10.8 Å².